The molecule has 0 aliphatic carbocycles. The third-order valence-corrected chi connectivity index (χ3v) is 2.69. The second kappa shape index (κ2) is 5.95. The lowest BCUT2D eigenvalue weighted by Gasteiger charge is -1.99. The number of ether oxygens (including phenoxy) is 1. The summed E-state index contributed by atoms with van der Waals surface area (Å²) in [6, 6.07) is 11.8. The van der Waals surface area contributed by atoms with Gasteiger partial charge in [-0.2, -0.15) is 0 Å². The van der Waals surface area contributed by atoms with Crippen LogP contribution in [0.2, 0.25) is 0 Å². The second-order valence-corrected chi connectivity index (χ2v) is 4.15. The molecule has 0 fully saturated rings. The summed E-state index contributed by atoms with van der Waals surface area (Å²) in [5.74, 6) is 5.88. The highest BCUT2D eigenvalue weighted by molar-refractivity contribution is 5.42. The highest BCUT2D eigenvalue weighted by Gasteiger charge is 1.96. The normalized spacial score (nSPS) is 10.2. The van der Waals surface area contributed by atoms with Crippen LogP contribution in [0.3, 0.4) is 0 Å². The summed E-state index contributed by atoms with van der Waals surface area (Å²) < 4.78 is 7.21. The lowest BCUT2D eigenvalue weighted by atomic mass is 10.2. The van der Waals surface area contributed by atoms with Crippen LogP contribution >= 0.6 is 0 Å². The van der Waals surface area contributed by atoms with Crippen LogP contribution < -0.4 is 0 Å². The monoisotopic (exact) mass is 264 g/mol. The minimum Gasteiger partial charge on any atom is -0.364 e. The number of rotatable bonds is 3. The maximum absolute atomic E-state index is 5.48. The van der Waals surface area contributed by atoms with Crippen molar-refractivity contribution in [3.05, 3.63) is 60.3 Å². The summed E-state index contributed by atoms with van der Waals surface area (Å²) >= 11 is 0. The lowest BCUT2D eigenvalue weighted by Crippen LogP contribution is -1.93. The smallest absolute Gasteiger partial charge is 0.164 e. The standard InChI is InChI=1S/C15H12N4O/c1-2-5-13(6-3-1)10-20-8-4-7-14-9-15-18-17-12-19(15)11-16-14/h1-3,5-6,9,11-12H,8,10H2. The molecule has 0 unspecified atom stereocenters. The fourth-order valence-corrected chi connectivity index (χ4v) is 1.72. The molecule has 5 nitrogen and oxygen atoms in total. The number of hydrogen-bond acceptors (Lipinski definition) is 4. The highest BCUT2D eigenvalue weighted by atomic mass is 16.5. The van der Waals surface area contributed by atoms with Crippen LogP contribution in [-0.2, 0) is 11.3 Å². The highest BCUT2D eigenvalue weighted by Crippen LogP contribution is 2.00. The van der Waals surface area contributed by atoms with E-state index < -0.39 is 0 Å². The van der Waals surface area contributed by atoms with E-state index in [4.69, 9.17) is 4.74 Å². The first-order valence-corrected chi connectivity index (χ1v) is 6.18. The summed E-state index contributed by atoms with van der Waals surface area (Å²) in [5, 5.41) is 7.72. The summed E-state index contributed by atoms with van der Waals surface area (Å²) in [7, 11) is 0. The van der Waals surface area contributed by atoms with E-state index in [0.29, 0.717) is 18.9 Å². The van der Waals surface area contributed by atoms with Gasteiger partial charge in [-0.3, -0.25) is 4.40 Å². The van der Waals surface area contributed by atoms with Crippen molar-refractivity contribution in [3.8, 4) is 11.8 Å². The van der Waals surface area contributed by atoms with Crippen molar-refractivity contribution in [1.29, 1.82) is 0 Å². The van der Waals surface area contributed by atoms with Crippen LogP contribution in [-0.4, -0.2) is 26.2 Å². The van der Waals surface area contributed by atoms with Gasteiger partial charge in [0.2, 0.25) is 0 Å². The van der Waals surface area contributed by atoms with Gasteiger partial charge in [0.15, 0.2) is 5.65 Å². The molecule has 2 aromatic heterocycles. The molecule has 0 atom stereocenters. The van der Waals surface area contributed by atoms with Crippen LogP contribution in [0.15, 0.2) is 49.1 Å². The number of benzene rings is 1. The average Bonchev–Trinajstić information content (AvgIpc) is 2.95. The summed E-state index contributed by atoms with van der Waals surface area (Å²) in [5.41, 5.74) is 2.53. The zero-order valence-electron chi connectivity index (χ0n) is 10.7. The van der Waals surface area contributed by atoms with Crippen LogP contribution in [0.5, 0.6) is 0 Å². The van der Waals surface area contributed by atoms with E-state index in [-0.39, 0.29) is 0 Å². The van der Waals surface area contributed by atoms with Crippen LogP contribution in [0.4, 0.5) is 0 Å². The number of fused-ring (bicyclic) bond motifs is 1. The topological polar surface area (TPSA) is 52.3 Å². The molecule has 0 bridgehead atoms. The molecule has 98 valence electrons. The van der Waals surface area contributed by atoms with Gasteiger partial charge in [0.25, 0.3) is 0 Å². The Labute approximate surface area is 116 Å². The predicted octanol–water partition coefficient (Wildman–Crippen LogP) is 1.69. The molecule has 2 heterocycles. The number of hydrogen-bond donors (Lipinski definition) is 0. The Bertz CT molecular complexity index is 755. The van der Waals surface area contributed by atoms with E-state index in [2.05, 4.69) is 27.0 Å². The zero-order chi connectivity index (χ0) is 13.6. The predicted molar refractivity (Wildman–Crippen MR) is 73.8 cm³/mol. The maximum atomic E-state index is 5.48. The molecule has 0 aliphatic heterocycles. The molecule has 5 heteroatoms. The Morgan fingerprint density at radius 1 is 1.15 bits per heavy atom. The minimum atomic E-state index is 0.369. The van der Waals surface area contributed by atoms with Crippen LogP contribution in [0, 0.1) is 11.8 Å². The van der Waals surface area contributed by atoms with Crippen LogP contribution in [0.1, 0.15) is 11.3 Å². The minimum absolute atomic E-state index is 0.369. The molecule has 3 rings (SSSR count). The molecule has 0 aliphatic rings. The molecule has 0 N–H and O–H groups in total. The molecule has 0 radical (unpaired) electrons. The van der Waals surface area contributed by atoms with Gasteiger partial charge in [0, 0.05) is 6.07 Å². The third-order valence-electron chi connectivity index (χ3n) is 2.69. The number of aromatic nitrogens is 4. The van der Waals surface area contributed by atoms with Gasteiger partial charge in [0.1, 0.15) is 25.0 Å². The van der Waals surface area contributed by atoms with Gasteiger partial charge in [-0.15, -0.1) is 10.2 Å². The molecular weight excluding hydrogens is 252 g/mol. The van der Waals surface area contributed by atoms with Gasteiger partial charge < -0.3 is 4.74 Å². The molecule has 0 amide bonds. The molecule has 0 spiro atoms. The van der Waals surface area contributed by atoms with E-state index in [1.54, 1.807) is 23.1 Å². The van der Waals surface area contributed by atoms with Gasteiger partial charge in [-0.25, -0.2) is 4.98 Å². The van der Waals surface area contributed by atoms with E-state index in [0.717, 1.165) is 11.2 Å². The molecule has 1 aromatic carbocycles. The zero-order valence-corrected chi connectivity index (χ0v) is 10.7. The van der Waals surface area contributed by atoms with Crippen molar-refractivity contribution in [2.24, 2.45) is 0 Å². The second-order valence-electron chi connectivity index (χ2n) is 4.15. The van der Waals surface area contributed by atoms with Crippen molar-refractivity contribution >= 4 is 5.65 Å². The summed E-state index contributed by atoms with van der Waals surface area (Å²) in [6.07, 6.45) is 3.24. The molecule has 0 saturated carbocycles. The van der Waals surface area contributed by atoms with Crippen molar-refractivity contribution in [3.63, 3.8) is 0 Å². The third kappa shape index (κ3) is 2.99. The van der Waals surface area contributed by atoms with Gasteiger partial charge in [-0.05, 0) is 11.5 Å². The van der Waals surface area contributed by atoms with E-state index in [9.17, 15) is 0 Å². The SMILES string of the molecule is C(#Cc1cc2nncn2cn1)COCc1ccccc1. The summed E-state index contributed by atoms with van der Waals surface area (Å²) in [6.45, 7) is 0.931. The first-order valence-electron chi connectivity index (χ1n) is 6.18. The molecule has 0 saturated heterocycles. The van der Waals surface area contributed by atoms with Crippen molar-refractivity contribution in [1.82, 2.24) is 19.6 Å². The first-order chi connectivity index (χ1) is 9.92. The van der Waals surface area contributed by atoms with Gasteiger partial charge in [-0.1, -0.05) is 36.3 Å². The Balaban J connectivity index is 1.56. The lowest BCUT2D eigenvalue weighted by molar-refractivity contribution is 0.153. The Morgan fingerprint density at radius 3 is 2.95 bits per heavy atom. The Hall–Kier alpha value is -2.71. The van der Waals surface area contributed by atoms with Gasteiger partial charge in [0.05, 0.1) is 6.61 Å². The van der Waals surface area contributed by atoms with E-state index in [1.807, 2.05) is 30.3 Å². The van der Waals surface area contributed by atoms with E-state index in [1.165, 1.54) is 0 Å². The maximum Gasteiger partial charge on any atom is 0.164 e. The molecule has 20 heavy (non-hydrogen) atoms. The quantitative estimate of drug-likeness (QED) is 0.533. The van der Waals surface area contributed by atoms with Crippen molar-refractivity contribution < 1.29 is 4.74 Å². The van der Waals surface area contributed by atoms with E-state index >= 15 is 0 Å². The average molecular weight is 264 g/mol. The Morgan fingerprint density at radius 2 is 2.05 bits per heavy atom. The Kier molecular flexibility index (Phi) is 3.67. The van der Waals surface area contributed by atoms with Crippen LogP contribution in [0.25, 0.3) is 5.65 Å². The first kappa shape index (κ1) is 12.3. The number of nitrogens with zero attached hydrogens (tertiary/aromatic N) is 4. The summed E-state index contributed by atoms with van der Waals surface area (Å²) in [4.78, 5) is 4.19. The van der Waals surface area contributed by atoms with Gasteiger partial charge >= 0.3 is 0 Å². The largest absolute Gasteiger partial charge is 0.364 e. The molecule has 3 aromatic rings. The fraction of sp³-hybridized carbons (Fsp3) is 0.133. The van der Waals surface area contributed by atoms with Crippen molar-refractivity contribution in [2.75, 3.05) is 6.61 Å². The fourth-order valence-electron chi connectivity index (χ4n) is 1.72. The van der Waals surface area contributed by atoms with Crippen molar-refractivity contribution in [2.45, 2.75) is 6.61 Å². The molecular formula is C15H12N4O.